The predicted octanol–water partition coefficient (Wildman–Crippen LogP) is 5.34. The van der Waals surface area contributed by atoms with Crippen molar-refractivity contribution in [3.8, 4) is 5.75 Å². The Morgan fingerprint density at radius 1 is 0.929 bits per heavy atom. The lowest BCUT2D eigenvalue weighted by Gasteiger charge is -2.34. The first kappa shape index (κ1) is 32.7. The quantitative estimate of drug-likeness (QED) is 0.272. The van der Waals surface area contributed by atoms with Gasteiger partial charge in [-0.3, -0.25) is 13.9 Å². The SMILES string of the molecule is CCc1ccccc1N(CC(=O)N(Cc1ccc(OC)cc1)[C@H](CC)C(=O)NCC(C)C)S(=O)(=O)c1ccc(C)cc1. The van der Waals surface area contributed by atoms with Crippen molar-refractivity contribution in [1.82, 2.24) is 10.2 Å². The molecule has 2 amide bonds. The molecule has 226 valence electrons. The number of aryl methyl sites for hydroxylation is 2. The number of para-hydroxylation sites is 1. The summed E-state index contributed by atoms with van der Waals surface area (Å²) in [5.74, 6) is 0.164. The van der Waals surface area contributed by atoms with Crippen LogP contribution in [0, 0.1) is 12.8 Å². The van der Waals surface area contributed by atoms with E-state index in [9.17, 15) is 18.0 Å². The van der Waals surface area contributed by atoms with Gasteiger partial charge in [0.05, 0.1) is 17.7 Å². The van der Waals surface area contributed by atoms with Gasteiger partial charge in [-0.1, -0.05) is 75.7 Å². The number of methoxy groups -OCH3 is 1. The lowest BCUT2D eigenvalue weighted by atomic mass is 10.1. The molecular weight excluding hydrogens is 550 g/mol. The predicted molar refractivity (Wildman–Crippen MR) is 167 cm³/mol. The highest BCUT2D eigenvalue weighted by molar-refractivity contribution is 7.92. The van der Waals surface area contributed by atoms with Crippen LogP contribution in [0.25, 0.3) is 0 Å². The number of carbonyl (C=O) groups excluding carboxylic acids is 2. The molecule has 3 rings (SSSR count). The van der Waals surface area contributed by atoms with E-state index in [2.05, 4.69) is 5.32 Å². The summed E-state index contributed by atoms with van der Waals surface area (Å²) in [6.45, 7) is 9.82. The average molecular weight is 594 g/mol. The fourth-order valence-electron chi connectivity index (χ4n) is 4.67. The number of benzene rings is 3. The molecule has 0 heterocycles. The fourth-order valence-corrected chi connectivity index (χ4v) is 6.13. The molecule has 1 atom stereocenters. The highest BCUT2D eigenvalue weighted by atomic mass is 32.2. The summed E-state index contributed by atoms with van der Waals surface area (Å²) in [6, 6.07) is 20.3. The van der Waals surface area contributed by atoms with Gasteiger partial charge in [0, 0.05) is 13.1 Å². The Balaban J connectivity index is 2.08. The maximum absolute atomic E-state index is 14.2. The Hall–Kier alpha value is -3.85. The van der Waals surface area contributed by atoms with Gasteiger partial charge in [0.15, 0.2) is 0 Å². The molecule has 9 heteroatoms. The van der Waals surface area contributed by atoms with Gasteiger partial charge in [-0.2, -0.15) is 0 Å². The molecule has 3 aromatic rings. The van der Waals surface area contributed by atoms with Gasteiger partial charge in [0.25, 0.3) is 10.0 Å². The van der Waals surface area contributed by atoms with E-state index in [1.807, 2.05) is 58.9 Å². The average Bonchev–Trinajstić information content (AvgIpc) is 2.99. The monoisotopic (exact) mass is 593 g/mol. The van der Waals surface area contributed by atoms with Gasteiger partial charge >= 0.3 is 0 Å². The third-order valence-corrected chi connectivity index (χ3v) is 8.89. The molecule has 0 spiro atoms. The van der Waals surface area contributed by atoms with Gasteiger partial charge in [-0.25, -0.2) is 8.42 Å². The van der Waals surface area contributed by atoms with E-state index in [-0.39, 0.29) is 23.3 Å². The highest BCUT2D eigenvalue weighted by Crippen LogP contribution is 2.28. The van der Waals surface area contributed by atoms with Gasteiger partial charge < -0.3 is 15.0 Å². The van der Waals surface area contributed by atoms with Gasteiger partial charge in [0.1, 0.15) is 18.3 Å². The van der Waals surface area contributed by atoms with Crippen LogP contribution in [0.4, 0.5) is 5.69 Å². The van der Waals surface area contributed by atoms with Gasteiger partial charge in [-0.05, 0) is 67.1 Å². The summed E-state index contributed by atoms with van der Waals surface area (Å²) in [6.07, 6.45) is 0.942. The zero-order valence-corrected chi connectivity index (χ0v) is 26.3. The number of sulfonamides is 1. The highest BCUT2D eigenvalue weighted by Gasteiger charge is 2.34. The molecule has 0 aromatic heterocycles. The largest absolute Gasteiger partial charge is 0.497 e. The maximum atomic E-state index is 14.2. The summed E-state index contributed by atoms with van der Waals surface area (Å²) >= 11 is 0. The van der Waals surface area contributed by atoms with E-state index in [0.29, 0.717) is 30.8 Å². The lowest BCUT2D eigenvalue weighted by molar-refractivity contribution is -0.140. The van der Waals surface area contributed by atoms with Crippen molar-refractivity contribution in [1.29, 1.82) is 0 Å². The standard InChI is InChI=1S/C33H43N3O5S/c1-7-27-11-9-10-12-31(27)36(42(39,40)29-19-13-25(5)14-20-29)23-32(37)35(22-26-15-17-28(41-6)18-16-26)30(8-2)33(38)34-21-24(3)4/h9-20,24,30H,7-8,21-23H2,1-6H3,(H,34,38)/t30-/m1/s1. The number of hydrogen-bond donors (Lipinski definition) is 1. The van der Waals surface area contributed by atoms with Crippen LogP contribution in [0.1, 0.15) is 50.8 Å². The van der Waals surface area contributed by atoms with Crippen molar-refractivity contribution >= 4 is 27.5 Å². The molecule has 0 saturated carbocycles. The first-order valence-electron chi connectivity index (χ1n) is 14.4. The Kier molecular flexibility index (Phi) is 11.6. The number of hydrogen-bond acceptors (Lipinski definition) is 5. The Morgan fingerprint density at radius 3 is 2.14 bits per heavy atom. The van der Waals surface area contributed by atoms with Crippen molar-refractivity contribution < 1.29 is 22.7 Å². The first-order valence-corrected chi connectivity index (χ1v) is 15.8. The van der Waals surface area contributed by atoms with Crippen LogP contribution < -0.4 is 14.4 Å². The normalized spacial score (nSPS) is 12.1. The van der Waals surface area contributed by atoms with Crippen molar-refractivity contribution in [2.75, 3.05) is 24.5 Å². The minimum Gasteiger partial charge on any atom is -0.497 e. The van der Waals surface area contributed by atoms with Crippen LogP contribution in [-0.2, 0) is 32.6 Å². The van der Waals surface area contributed by atoms with E-state index < -0.39 is 28.5 Å². The van der Waals surface area contributed by atoms with Gasteiger partial charge in [-0.15, -0.1) is 0 Å². The third kappa shape index (κ3) is 8.12. The smallest absolute Gasteiger partial charge is 0.264 e. The first-order chi connectivity index (χ1) is 20.0. The third-order valence-electron chi connectivity index (χ3n) is 7.11. The zero-order valence-electron chi connectivity index (χ0n) is 25.5. The van der Waals surface area contributed by atoms with E-state index in [0.717, 1.165) is 16.7 Å². The summed E-state index contributed by atoms with van der Waals surface area (Å²) in [4.78, 5) is 29.2. The van der Waals surface area contributed by atoms with E-state index in [1.165, 1.54) is 9.21 Å². The number of nitrogens with zero attached hydrogens (tertiary/aromatic N) is 2. The maximum Gasteiger partial charge on any atom is 0.264 e. The molecule has 42 heavy (non-hydrogen) atoms. The lowest BCUT2D eigenvalue weighted by Crippen LogP contribution is -2.52. The second-order valence-electron chi connectivity index (χ2n) is 10.7. The van der Waals surface area contributed by atoms with Crippen molar-refractivity contribution in [2.45, 2.75) is 64.9 Å². The number of anilines is 1. The minimum absolute atomic E-state index is 0.0928. The zero-order chi connectivity index (χ0) is 30.9. The van der Waals surface area contributed by atoms with Crippen LogP contribution >= 0.6 is 0 Å². The molecule has 8 nitrogen and oxygen atoms in total. The molecule has 0 radical (unpaired) electrons. The van der Waals surface area contributed by atoms with Crippen LogP contribution in [0.3, 0.4) is 0 Å². The molecule has 1 N–H and O–H groups in total. The summed E-state index contributed by atoms with van der Waals surface area (Å²) < 4.78 is 34.7. The van der Waals surface area contributed by atoms with E-state index in [1.54, 1.807) is 55.6 Å². The van der Waals surface area contributed by atoms with E-state index >= 15 is 0 Å². The van der Waals surface area contributed by atoms with Gasteiger partial charge in [0.2, 0.25) is 11.8 Å². The minimum atomic E-state index is -4.12. The molecule has 0 aliphatic heterocycles. The van der Waals surface area contributed by atoms with Crippen molar-refractivity contribution in [3.05, 3.63) is 89.5 Å². The number of amides is 2. The van der Waals surface area contributed by atoms with Crippen LogP contribution in [-0.4, -0.2) is 51.4 Å². The Labute approximate surface area is 250 Å². The Morgan fingerprint density at radius 2 is 1.57 bits per heavy atom. The summed E-state index contributed by atoms with van der Waals surface area (Å²) in [5, 5.41) is 2.95. The second kappa shape index (κ2) is 14.9. The summed E-state index contributed by atoms with van der Waals surface area (Å²) in [7, 11) is -2.54. The van der Waals surface area contributed by atoms with Crippen LogP contribution in [0.15, 0.2) is 77.7 Å². The fraction of sp³-hybridized carbons (Fsp3) is 0.394. The number of ether oxygens (including phenoxy) is 1. The van der Waals surface area contributed by atoms with Crippen LogP contribution in [0.2, 0.25) is 0 Å². The molecule has 0 unspecified atom stereocenters. The number of nitrogens with one attached hydrogen (secondary N) is 1. The number of carbonyl (C=O) groups is 2. The van der Waals surface area contributed by atoms with Crippen LogP contribution in [0.5, 0.6) is 5.75 Å². The van der Waals surface area contributed by atoms with E-state index in [4.69, 9.17) is 4.74 Å². The molecule has 0 bridgehead atoms. The molecular formula is C33H43N3O5S. The molecule has 0 fully saturated rings. The molecule has 0 saturated heterocycles. The second-order valence-corrected chi connectivity index (χ2v) is 12.6. The Bertz CT molecular complexity index is 1440. The topological polar surface area (TPSA) is 96.0 Å². The van der Waals surface area contributed by atoms with Crippen molar-refractivity contribution in [2.24, 2.45) is 5.92 Å². The number of rotatable bonds is 14. The summed E-state index contributed by atoms with van der Waals surface area (Å²) in [5.41, 5.74) is 2.95. The van der Waals surface area contributed by atoms with Crippen molar-refractivity contribution in [3.63, 3.8) is 0 Å². The molecule has 0 aliphatic carbocycles. The molecule has 0 aliphatic rings. The molecule has 3 aromatic carbocycles.